The molecule has 2 heterocycles. The Kier molecular flexibility index (Phi) is 5.30. The van der Waals surface area contributed by atoms with Crippen LogP contribution in [0.3, 0.4) is 0 Å². The molecule has 1 aliphatic heterocycles. The molecule has 1 aromatic rings. The maximum atomic E-state index is 9.15. The molecule has 0 radical (unpaired) electrons. The van der Waals surface area contributed by atoms with E-state index in [1.807, 2.05) is 13.8 Å². The predicted octanol–water partition coefficient (Wildman–Crippen LogP) is 0.739. The predicted molar refractivity (Wildman–Crippen MR) is 71.8 cm³/mol. The van der Waals surface area contributed by atoms with Crippen LogP contribution in [0.2, 0.25) is 0 Å². The Morgan fingerprint density at radius 1 is 1.53 bits per heavy atom. The zero-order valence-electron chi connectivity index (χ0n) is 11.8. The Morgan fingerprint density at radius 2 is 2.37 bits per heavy atom. The molecule has 0 amide bonds. The Balaban J connectivity index is 1.90. The maximum Gasteiger partial charge on any atom is 0.240 e. The molecule has 1 saturated heterocycles. The smallest absolute Gasteiger partial charge is 0.240 e. The summed E-state index contributed by atoms with van der Waals surface area (Å²) in [6, 6.07) is 0.513. The highest BCUT2D eigenvalue weighted by Crippen LogP contribution is 2.12. The highest BCUT2D eigenvalue weighted by atomic mass is 16.5. The average Bonchev–Trinajstić information content (AvgIpc) is 3.00. The van der Waals surface area contributed by atoms with Crippen LogP contribution >= 0.6 is 0 Å². The minimum Gasteiger partial charge on any atom is -0.395 e. The SMILES string of the molecule is CC(C)c1noc(CN(CCO)CC2CCCN2)n1. The van der Waals surface area contributed by atoms with E-state index in [1.54, 1.807) is 0 Å². The molecule has 1 aliphatic rings. The molecule has 19 heavy (non-hydrogen) atoms. The van der Waals surface area contributed by atoms with Gasteiger partial charge < -0.3 is 14.9 Å². The normalized spacial score (nSPS) is 19.7. The summed E-state index contributed by atoms with van der Waals surface area (Å²) in [6.45, 7) is 7.49. The van der Waals surface area contributed by atoms with Gasteiger partial charge in [-0.3, -0.25) is 4.90 Å². The molecular weight excluding hydrogens is 244 g/mol. The van der Waals surface area contributed by atoms with E-state index in [4.69, 9.17) is 9.63 Å². The van der Waals surface area contributed by atoms with Gasteiger partial charge >= 0.3 is 0 Å². The Hall–Kier alpha value is -0.980. The van der Waals surface area contributed by atoms with E-state index in [9.17, 15) is 0 Å². The van der Waals surface area contributed by atoms with Crippen molar-refractivity contribution in [2.45, 2.75) is 45.2 Å². The van der Waals surface area contributed by atoms with Gasteiger partial charge in [0.15, 0.2) is 5.82 Å². The van der Waals surface area contributed by atoms with Gasteiger partial charge in [0.1, 0.15) is 0 Å². The molecule has 2 rings (SSSR count). The summed E-state index contributed by atoms with van der Waals surface area (Å²) in [5, 5.41) is 16.6. The lowest BCUT2D eigenvalue weighted by Gasteiger charge is -2.23. The van der Waals surface area contributed by atoms with Crippen molar-refractivity contribution in [3.8, 4) is 0 Å². The molecule has 6 heteroatoms. The number of aliphatic hydroxyl groups is 1. The Morgan fingerprint density at radius 3 is 2.95 bits per heavy atom. The molecule has 0 aromatic carbocycles. The van der Waals surface area contributed by atoms with Crippen LogP contribution in [0.4, 0.5) is 0 Å². The van der Waals surface area contributed by atoms with Gasteiger partial charge in [0.2, 0.25) is 5.89 Å². The van der Waals surface area contributed by atoms with E-state index in [2.05, 4.69) is 20.4 Å². The summed E-state index contributed by atoms with van der Waals surface area (Å²) >= 11 is 0. The van der Waals surface area contributed by atoms with Crippen molar-refractivity contribution < 1.29 is 9.63 Å². The van der Waals surface area contributed by atoms with Crippen molar-refractivity contribution >= 4 is 0 Å². The van der Waals surface area contributed by atoms with Crippen LogP contribution in [0.25, 0.3) is 0 Å². The minimum absolute atomic E-state index is 0.151. The van der Waals surface area contributed by atoms with Crippen molar-refractivity contribution in [1.29, 1.82) is 0 Å². The lowest BCUT2D eigenvalue weighted by atomic mass is 10.2. The number of hydrogen-bond donors (Lipinski definition) is 2. The van der Waals surface area contributed by atoms with Gasteiger partial charge in [-0.2, -0.15) is 4.98 Å². The molecule has 1 fully saturated rings. The summed E-state index contributed by atoms with van der Waals surface area (Å²) in [7, 11) is 0. The third-order valence-electron chi connectivity index (χ3n) is 3.42. The fourth-order valence-corrected chi connectivity index (χ4v) is 2.36. The van der Waals surface area contributed by atoms with Gasteiger partial charge in [0.25, 0.3) is 0 Å². The van der Waals surface area contributed by atoms with E-state index in [0.717, 1.165) is 18.9 Å². The van der Waals surface area contributed by atoms with Crippen LogP contribution in [0.15, 0.2) is 4.52 Å². The van der Waals surface area contributed by atoms with Gasteiger partial charge in [-0.15, -0.1) is 0 Å². The van der Waals surface area contributed by atoms with Gasteiger partial charge in [0, 0.05) is 25.0 Å². The average molecular weight is 268 g/mol. The largest absolute Gasteiger partial charge is 0.395 e. The zero-order valence-corrected chi connectivity index (χ0v) is 11.8. The first-order valence-corrected chi connectivity index (χ1v) is 7.08. The van der Waals surface area contributed by atoms with E-state index in [0.29, 0.717) is 25.0 Å². The summed E-state index contributed by atoms with van der Waals surface area (Å²) in [5.41, 5.74) is 0. The molecule has 2 N–H and O–H groups in total. The Bertz CT molecular complexity index is 374. The van der Waals surface area contributed by atoms with Gasteiger partial charge in [0.05, 0.1) is 13.2 Å². The summed E-state index contributed by atoms with van der Waals surface area (Å²) in [5.74, 6) is 1.66. The number of nitrogens with zero attached hydrogens (tertiary/aromatic N) is 3. The van der Waals surface area contributed by atoms with Crippen LogP contribution in [0.1, 0.15) is 44.3 Å². The van der Waals surface area contributed by atoms with E-state index >= 15 is 0 Å². The molecule has 0 spiro atoms. The van der Waals surface area contributed by atoms with Gasteiger partial charge in [-0.05, 0) is 19.4 Å². The molecule has 108 valence electrons. The summed E-state index contributed by atoms with van der Waals surface area (Å²) < 4.78 is 5.26. The van der Waals surface area contributed by atoms with E-state index in [1.165, 1.54) is 12.8 Å². The maximum absolute atomic E-state index is 9.15. The second kappa shape index (κ2) is 6.98. The van der Waals surface area contributed by atoms with Crippen LogP contribution in [0, 0.1) is 0 Å². The zero-order chi connectivity index (χ0) is 13.7. The van der Waals surface area contributed by atoms with Crippen LogP contribution in [0.5, 0.6) is 0 Å². The second-order valence-electron chi connectivity index (χ2n) is 5.45. The molecule has 0 aliphatic carbocycles. The fourth-order valence-electron chi connectivity index (χ4n) is 2.36. The minimum atomic E-state index is 0.151. The van der Waals surface area contributed by atoms with Crippen molar-refractivity contribution in [1.82, 2.24) is 20.4 Å². The third kappa shape index (κ3) is 4.26. The first-order chi connectivity index (χ1) is 9.19. The van der Waals surface area contributed by atoms with Crippen LogP contribution in [-0.2, 0) is 6.54 Å². The number of rotatable bonds is 7. The molecular formula is C13H24N4O2. The lowest BCUT2D eigenvalue weighted by molar-refractivity contribution is 0.163. The Labute approximate surface area is 114 Å². The second-order valence-corrected chi connectivity index (χ2v) is 5.45. The first kappa shape index (κ1) is 14.4. The topological polar surface area (TPSA) is 74.4 Å². The van der Waals surface area contributed by atoms with Crippen molar-refractivity contribution in [2.75, 3.05) is 26.2 Å². The quantitative estimate of drug-likeness (QED) is 0.760. The summed E-state index contributed by atoms with van der Waals surface area (Å²) in [4.78, 5) is 6.55. The van der Waals surface area contributed by atoms with E-state index < -0.39 is 0 Å². The lowest BCUT2D eigenvalue weighted by Crippen LogP contribution is -2.38. The molecule has 1 aromatic heterocycles. The van der Waals surface area contributed by atoms with Crippen molar-refractivity contribution in [3.63, 3.8) is 0 Å². The van der Waals surface area contributed by atoms with Gasteiger partial charge in [-0.1, -0.05) is 19.0 Å². The highest BCUT2D eigenvalue weighted by molar-refractivity contribution is 4.92. The number of aliphatic hydroxyl groups excluding tert-OH is 1. The molecule has 1 unspecified atom stereocenters. The standard InChI is InChI=1S/C13H24N4O2/c1-10(2)13-15-12(19-16-13)9-17(6-7-18)8-11-4-3-5-14-11/h10-11,14,18H,3-9H2,1-2H3. The first-order valence-electron chi connectivity index (χ1n) is 7.08. The van der Waals surface area contributed by atoms with Crippen molar-refractivity contribution in [2.24, 2.45) is 0 Å². The van der Waals surface area contributed by atoms with Gasteiger partial charge in [-0.25, -0.2) is 0 Å². The number of aromatic nitrogens is 2. The molecule has 0 saturated carbocycles. The third-order valence-corrected chi connectivity index (χ3v) is 3.42. The van der Waals surface area contributed by atoms with Crippen LogP contribution < -0.4 is 5.32 Å². The fraction of sp³-hybridized carbons (Fsp3) is 0.846. The number of nitrogens with one attached hydrogen (secondary N) is 1. The highest BCUT2D eigenvalue weighted by Gasteiger charge is 2.19. The van der Waals surface area contributed by atoms with E-state index in [-0.39, 0.29) is 12.5 Å². The van der Waals surface area contributed by atoms with Crippen molar-refractivity contribution in [3.05, 3.63) is 11.7 Å². The molecule has 6 nitrogen and oxygen atoms in total. The van der Waals surface area contributed by atoms with Crippen LogP contribution in [-0.4, -0.2) is 52.4 Å². The summed E-state index contributed by atoms with van der Waals surface area (Å²) in [6.07, 6.45) is 2.43. The molecule has 0 bridgehead atoms. The monoisotopic (exact) mass is 268 g/mol. The molecule has 1 atom stereocenters. The number of hydrogen-bond acceptors (Lipinski definition) is 6.